The lowest BCUT2D eigenvalue weighted by Gasteiger charge is -2.08. The van der Waals surface area contributed by atoms with Gasteiger partial charge in [-0.15, -0.1) is 0 Å². The maximum absolute atomic E-state index is 11.9. The molecule has 0 saturated carbocycles. The van der Waals surface area contributed by atoms with Crippen molar-refractivity contribution in [1.29, 1.82) is 0 Å². The van der Waals surface area contributed by atoms with Crippen LogP contribution < -0.4 is 5.32 Å². The van der Waals surface area contributed by atoms with Crippen LogP contribution in [0.1, 0.15) is 30.8 Å². The molecule has 2 rings (SSSR count). The van der Waals surface area contributed by atoms with Gasteiger partial charge in [-0.1, -0.05) is 35.3 Å². The minimum Gasteiger partial charge on any atom is -0.355 e. The van der Waals surface area contributed by atoms with E-state index < -0.39 is 0 Å². The highest BCUT2D eigenvalue weighted by Gasteiger charge is 2.16. The van der Waals surface area contributed by atoms with Crippen molar-refractivity contribution in [2.45, 2.75) is 26.3 Å². The van der Waals surface area contributed by atoms with Gasteiger partial charge in [-0.05, 0) is 31.5 Å². The first-order chi connectivity index (χ1) is 9.51. The molecule has 1 atom stereocenters. The molecule has 20 heavy (non-hydrogen) atoms. The van der Waals surface area contributed by atoms with Gasteiger partial charge in [-0.3, -0.25) is 4.79 Å². The van der Waals surface area contributed by atoms with Gasteiger partial charge in [0, 0.05) is 22.7 Å². The fourth-order valence-electron chi connectivity index (χ4n) is 1.60. The lowest BCUT2D eigenvalue weighted by molar-refractivity contribution is 0.0930. The molecule has 0 bridgehead atoms. The molecule has 0 spiro atoms. The highest BCUT2D eigenvalue weighted by Crippen LogP contribution is 2.30. The molecule has 0 aliphatic rings. The minimum absolute atomic E-state index is 0.0850. The molecule has 1 N–H and O–H groups in total. The molecule has 1 aromatic carbocycles. The molecule has 0 saturated heterocycles. The van der Waals surface area contributed by atoms with Gasteiger partial charge in [-0.25, -0.2) is 0 Å². The van der Waals surface area contributed by atoms with E-state index in [0.717, 1.165) is 6.42 Å². The highest BCUT2D eigenvalue weighted by molar-refractivity contribution is 6.36. The Morgan fingerprint density at radius 3 is 2.80 bits per heavy atom. The summed E-state index contributed by atoms with van der Waals surface area (Å²) < 4.78 is 5.17. The van der Waals surface area contributed by atoms with Crippen molar-refractivity contribution in [3.8, 4) is 11.3 Å². The fourth-order valence-corrected chi connectivity index (χ4v) is 2.10. The minimum atomic E-state index is -0.264. The molecule has 2 aromatic rings. The zero-order valence-corrected chi connectivity index (χ0v) is 12.6. The van der Waals surface area contributed by atoms with Gasteiger partial charge in [-0.2, -0.15) is 0 Å². The molecule has 1 heterocycles. The molecule has 1 aromatic heterocycles. The van der Waals surface area contributed by atoms with Crippen LogP contribution >= 0.6 is 23.2 Å². The molecular formula is C14H14Cl2N2O2. The van der Waals surface area contributed by atoms with Crippen molar-refractivity contribution in [3.05, 3.63) is 40.0 Å². The smallest absolute Gasteiger partial charge is 0.273 e. The monoisotopic (exact) mass is 312 g/mol. The molecule has 0 unspecified atom stereocenters. The normalized spacial score (nSPS) is 12.2. The highest BCUT2D eigenvalue weighted by atomic mass is 35.5. The van der Waals surface area contributed by atoms with Crippen LogP contribution in [0.4, 0.5) is 0 Å². The second-order valence-electron chi connectivity index (χ2n) is 4.48. The van der Waals surface area contributed by atoms with Crippen LogP contribution in [0, 0.1) is 0 Å². The van der Waals surface area contributed by atoms with E-state index in [1.165, 1.54) is 0 Å². The topological polar surface area (TPSA) is 55.1 Å². The fraction of sp³-hybridized carbons (Fsp3) is 0.286. The van der Waals surface area contributed by atoms with E-state index >= 15 is 0 Å². The number of benzene rings is 1. The number of amides is 1. The van der Waals surface area contributed by atoms with Crippen LogP contribution in [0.5, 0.6) is 0 Å². The lowest BCUT2D eigenvalue weighted by atomic mass is 10.1. The predicted octanol–water partition coefficient (Wildman–Crippen LogP) is 4.18. The van der Waals surface area contributed by atoms with Crippen LogP contribution in [0.2, 0.25) is 10.0 Å². The molecule has 6 heteroatoms. The Balaban J connectivity index is 2.22. The molecule has 1 amide bonds. The zero-order valence-electron chi connectivity index (χ0n) is 11.1. The van der Waals surface area contributed by atoms with Crippen LogP contribution in [0.3, 0.4) is 0 Å². The van der Waals surface area contributed by atoms with Gasteiger partial charge in [0.2, 0.25) is 0 Å². The maximum Gasteiger partial charge on any atom is 0.273 e. The first-order valence-electron chi connectivity index (χ1n) is 6.24. The van der Waals surface area contributed by atoms with E-state index in [0.29, 0.717) is 21.4 Å². The van der Waals surface area contributed by atoms with E-state index in [1.54, 1.807) is 24.3 Å². The molecule has 4 nitrogen and oxygen atoms in total. The standard InChI is InChI=1S/C14H14Cl2N2O2/c1-3-8(2)17-14(19)12-7-13(20-18-12)10-5-4-9(15)6-11(10)16/h4-8H,3H2,1-2H3,(H,17,19)/t8-/m0/s1. The van der Waals surface area contributed by atoms with Crippen molar-refractivity contribution in [2.24, 2.45) is 0 Å². The van der Waals surface area contributed by atoms with Crippen molar-refractivity contribution < 1.29 is 9.32 Å². The van der Waals surface area contributed by atoms with Crippen LogP contribution in [-0.4, -0.2) is 17.1 Å². The Morgan fingerprint density at radius 2 is 2.15 bits per heavy atom. The van der Waals surface area contributed by atoms with Crippen molar-refractivity contribution in [3.63, 3.8) is 0 Å². The number of hydrogen-bond acceptors (Lipinski definition) is 3. The van der Waals surface area contributed by atoms with Gasteiger partial charge in [0.05, 0.1) is 5.02 Å². The summed E-state index contributed by atoms with van der Waals surface area (Å²) in [5, 5.41) is 7.57. The van der Waals surface area contributed by atoms with Gasteiger partial charge in [0.1, 0.15) is 0 Å². The van der Waals surface area contributed by atoms with Crippen molar-refractivity contribution in [2.75, 3.05) is 0 Å². The summed E-state index contributed by atoms with van der Waals surface area (Å²) in [6.07, 6.45) is 0.847. The third kappa shape index (κ3) is 3.32. The van der Waals surface area contributed by atoms with E-state index in [9.17, 15) is 4.79 Å². The number of carbonyl (C=O) groups excluding carboxylic acids is 1. The molecule has 106 valence electrons. The van der Waals surface area contributed by atoms with Crippen molar-refractivity contribution >= 4 is 29.1 Å². The van der Waals surface area contributed by atoms with E-state index in [2.05, 4.69) is 10.5 Å². The number of halogens is 2. The number of hydrogen-bond donors (Lipinski definition) is 1. The Bertz CT molecular complexity index is 625. The van der Waals surface area contributed by atoms with Crippen LogP contribution in [0.25, 0.3) is 11.3 Å². The Hall–Kier alpha value is -1.52. The number of rotatable bonds is 4. The third-order valence-corrected chi connectivity index (χ3v) is 3.48. The zero-order chi connectivity index (χ0) is 14.7. The van der Waals surface area contributed by atoms with Gasteiger partial charge in [0.25, 0.3) is 5.91 Å². The summed E-state index contributed by atoms with van der Waals surface area (Å²) in [7, 11) is 0. The first-order valence-corrected chi connectivity index (χ1v) is 7.00. The Morgan fingerprint density at radius 1 is 1.40 bits per heavy atom. The SMILES string of the molecule is CC[C@H](C)NC(=O)c1cc(-c2ccc(Cl)cc2Cl)on1. The van der Waals surface area contributed by atoms with Gasteiger partial charge >= 0.3 is 0 Å². The molecule has 0 fully saturated rings. The summed E-state index contributed by atoms with van der Waals surface area (Å²) in [4.78, 5) is 11.9. The van der Waals surface area contributed by atoms with Crippen molar-refractivity contribution in [1.82, 2.24) is 10.5 Å². The van der Waals surface area contributed by atoms with Gasteiger partial charge in [0.15, 0.2) is 11.5 Å². The summed E-state index contributed by atoms with van der Waals surface area (Å²) in [6, 6.07) is 6.68. The lowest BCUT2D eigenvalue weighted by Crippen LogP contribution is -2.32. The van der Waals surface area contributed by atoms with Gasteiger partial charge < -0.3 is 9.84 Å². The summed E-state index contributed by atoms with van der Waals surface area (Å²) in [5.74, 6) is 0.167. The summed E-state index contributed by atoms with van der Waals surface area (Å²) in [6.45, 7) is 3.92. The summed E-state index contributed by atoms with van der Waals surface area (Å²) >= 11 is 11.9. The number of nitrogens with one attached hydrogen (secondary N) is 1. The van der Waals surface area contributed by atoms with Crippen LogP contribution in [0.15, 0.2) is 28.8 Å². The average molecular weight is 313 g/mol. The molecular weight excluding hydrogens is 299 g/mol. The average Bonchev–Trinajstić information content (AvgIpc) is 2.88. The second-order valence-corrected chi connectivity index (χ2v) is 5.33. The second kappa shape index (κ2) is 6.29. The molecule has 0 aliphatic carbocycles. The Labute approximate surface area is 127 Å². The largest absolute Gasteiger partial charge is 0.355 e. The summed E-state index contributed by atoms with van der Waals surface area (Å²) in [5.41, 5.74) is 0.873. The predicted molar refractivity (Wildman–Crippen MR) is 79.2 cm³/mol. The third-order valence-electron chi connectivity index (χ3n) is 2.93. The quantitative estimate of drug-likeness (QED) is 0.921. The molecule has 0 aliphatic heterocycles. The maximum atomic E-state index is 11.9. The number of carbonyl (C=O) groups is 1. The number of nitrogens with zero attached hydrogens (tertiary/aromatic N) is 1. The first kappa shape index (κ1) is 14.9. The van der Waals surface area contributed by atoms with E-state index in [-0.39, 0.29) is 17.6 Å². The van der Waals surface area contributed by atoms with Crippen LogP contribution in [-0.2, 0) is 0 Å². The van der Waals surface area contributed by atoms with E-state index in [1.807, 2.05) is 13.8 Å². The Kier molecular flexibility index (Phi) is 4.68. The number of aromatic nitrogens is 1. The molecule has 0 radical (unpaired) electrons. The van der Waals surface area contributed by atoms with E-state index in [4.69, 9.17) is 27.7 Å².